The summed E-state index contributed by atoms with van der Waals surface area (Å²) in [7, 11) is -1.23. The molecule has 0 radical (unpaired) electrons. The highest BCUT2D eigenvalue weighted by Gasteiger charge is 2.55. The molecule has 5 atom stereocenters. The van der Waals surface area contributed by atoms with Crippen LogP contribution in [0.2, 0.25) is 25.7 Å². The van der Waals surface area contributed by atoms with E-state index in [0.717, 1.165) is 17.2 Å². The molecule has 9 heteroatoms. The number of likely N-dealkylation sites (tertiary alicyclic amines) is 1. The van der Waals surface area contributed by atoms with Crippen LogP contribution in [0.15, 0.2) is 60.7 Å². The third kappa shape index (κ3) is 7.40. The Bertz CT molecular complexity index is 999. The smallest absolute Gasteiger partial charge is 0.410 e. The van der Waals surface area contributed by atoms with E-state index in [0.29, 0.717) is 6.61 Å². The van der Waals surface area contributed by atoms with Crippen LogP contribution in [0.1, 0.15) is 24.3 Å². The molecule has 1 amide bonds. The van der Waals surface area contributed by atoms with E-state index in [-0.39, 0.29) is 26.6 Å². The predicted octanol–water partition coefficient (Wildman–Crippen LogP) is 4.57. The van der Waals surface area contributed by atoms with Gasteiger partial charge in [0.1, 0.15) is 31.2 Å². The average Bonchev–Trinajstić information content (AvgIpc) is 2.88. The fourth-order valence-electron chi connectivity index (χ4n) is 4.62. The van der Waals surface area contributed by atoms with E-state index in [9.17, 15) is 9.90 Å². The third-order valence-electron chi connectivity index (χ3n) is 6.72. The Labute approximate surface area is 220 Å². The van der Waals surface area contributed by atoms with Gasteiger partial charge in [-0.15, -0.1) is 0 Å². The van der Waals surface area contributed by atoms with Crippen molar-refractivity contribution in [2.24, 2.45) is 0 Å². The topological polar surface area (TPSA) is 86.7 Å². The first-order valence-corrected chi connectivity index (χ1v) is 16.6. The number of nitrogens with zero attached hydrogens (tertiary/aromatic N) is 1. The van der Waals surface area contributed by atoms with E-state index in [4.69, 9.17) is 23.7 Å². The molecule has 0 unspecified atom stereocenters. The number of carbonyl (C=O) groups excluding carboxylic acids is 1. The van der Waals surface area contributed by atoms with Crippen LogP contribution >= 0.6 is 0 Å². The molecule has 8 nitrogen and oxygen atoms in total. The van der Waals surface area contributed by atoms with Gasteiger partial charge in [0, 0.05) is 20.2 Å². The van der Waals surface area contributed by atoms with Crippen LogP contribution in [0.5, 0.6) is 0 Å². The molecule has 2 aliphatic heterocycles. The Morgan fingerprint density at radius 3 is 2.46 bits per heavy atom. The lowest BCUT2D eigenvalue weighted by Crippen LogP contribution is -2.71. The first-order chi connectivity index (χ1) is 17.6. The summed E-state index contributed by atoms with van der Waals surface area (Å²) >= 11 is 0. The third-order valence-corrected chi connectivity index (χ3v) is 8.42. The molecule has 2 aliphatic rings. The highest BCUT2D eigenvalue weighted by Crippen LogP contribution is 2.38. The predicted molar refractivity (Wildman–Crippen MR) is 142 cm³/mol. The summed E-state index contributed by atoms with van der Waals surface area (Å²) in [6.45, 7) is 9.54. The molecule has 0 aromatic heterocycles. The number of carbonyl (C=O) groups is 1. The van der Waals surface area contributed by atoms with Crippen LogP contribution in [0.4, 0.5) is 4.79 Å². The molecule has 2 fully saturated rings. The van der Waals surface area contributed by atoms with Crippen molar-refractivity contribution in [3.8, 4) is 0 Å². The maximum Gasteiger partial charge on any atom is 0.410 e. The zero-order valence-corrected chi connectivity index (χ0v) is 23.2. The molecule has 0 spiro atoms. The lowest BCUT2D eigenvalue weighted by Gasteiger charge is -2.53. The van der Waals surface area contributed by atoms with Gasteiger partial charge in [0.25, 0.3) is 0 Å². The van der Waals surface area contributed by atoms with E-state index in [1.165, 1.54) is 4.90 Å². The van der Waals surface area contributed by atoms with Gasteiger partial charge in [0.2, 0.25) is 0 Å². The van der Waals surface area contributed by atoms with Gasteiger partial charge >= 0.3 is 6.09 Å². The zero-order chi connectivity index (χ0) is 26.5. The van der Waals surface area contributed by atoms with E-state index >= 15 is 0 Å². The summed E-state index contributed by atoms with van der Waals surface area (Å²) in [6.07, 6.45) is -2.54. The number of hydrogen-bond acceptors (Lipinski definition) is 7. The minimum atomic E-state index is -1.40. The summed E-state index contributed by atoms with van der Waals surface area (Å²) in [5, 5.41) is 11.5. The molecule has 4 rings (SSSR count). The van der Waals surface area contributed by atoms with Gasteiger partial charge in [0.15, 0.2) is 6.29 Å². The summed E-state index contributed by atoms with van der Waals surface area (Å²) in [6, 6.07) is 19.6. The number of fused-ring (bicyclic) bond motifs is 1. The summed E-state index contributed by atoms with van der Waals surface area (Å²) < 4.78 is 29.9. The number of aliphatic hydroxyl groups is 1. The number of β-amino-alcohol motifs (C(OH)–C–C–N with tert-alkyl or cyclic N) is 1. The Morgan fingerprint density at radius 1 is 1.11 bits per heavy atom. The first-order valence-electron chi connectivity index (χ1n) is 12.9. The molecule has 0 aliphatic carbocycles. The van der Waals surface area contributed by atoms with E-state index in [2.05, 4.69) is 19.6 Å². The molecule has 0 bridgehead atoms. The summed E-state index contributed by atoms with van der Waals surface area (Å²) in [5.74, 6) is 0. The average molecular weight is 530 g/mol. The Morgan fingerprint density at radius 2 is 1.78 bits per heavy atom. The van der Waals surface area contributed by atoms with Crippen molar-refractivity contribution in [1.82, 2.24) is 4.90 Å². The number of benzene rings is 2. The molecule has 2 heterocycles. The molecule has 202 valence electrons. The van der Waals surface area contributed by atoms with Gasteiger partial charge in [-0.25, -0.2) is 4.79 Å². The van der Waals surface area contributed by atoms with Crippen molar-refractivity contribution in [3.63, 3.8) is 0 Å². The fraction of sp³-hybridized carbons (Fsp3) is 0.536. The second-order valence-electron chi connectivity index (χ2n) is 11.2. The summed E-state index contributed by atoms with van der Waals surface area (Å²) in [4.78, 5) is 14.7. The van der Waals surface area contributed by atoms with Gasteiger partial charge < -0.3 is 28.8 Å². The van der Waals surface area contributed by atoms with E-state index in [1.54, 1.807) is 6.92 Å². The van der Waals surface area contributed by atoms with Crippen LogP contribution in [0.25, 0.3) is 0 Å². The highest BCUT2D eigenvalue weighted by molar-refractivity contribution is 6.76. The van der Waals surface area contributed by atoms with Crippen molar-refractivity contribution in [1.29, 1.82) is 0 Å². The second-order valence-corrected chi connectivity index (χ2v) is 16.8. The normalized spacial score (nSPS) is 28.0. The summed E-state index contributed by atoms with van der Waals surface area (Å²) in [5.41, 5.74) is 0.343. The second kappa shape index (κ2) is 12.1. The molecule has 2 saturated heterocycles. The Balaban J connectivity index is 1.48. The van der Waals surface area contributed by atoms with Crippen molar-refractivity contribution in [3.05, 3.63) is 71.8 Å². The quantitative estimate of drug-likeness (QED) is 0.289. The van der Waals surface area contributed by atoms with Crippen LogP contribution in [-0.4, -0.2) is 74.6 Å². The molecule has 37 heavy (non-hydrogen) atoms. The minimum Gasteiger partial charge on any atom is -0.445 e. The van der Waals surface area contributed by atoms with Gasteiger partial charge in [-0.3, -0.25) is 4.90 Å². The Kier molecular flexibility index (Phi) is 9.05. The molecular formula is C28H39NO7Si. The van der Waals surface area contributed by atoms with Crippen LogP contribution in [0.3, 0.4) is 0 Å². The van der Waals surface area contributed by atoms with Gasteiger partial charge in [0.05, 0.1) is 19.2 Å². The van der Waals surface area contributed by atoms with Crippen molar-refractivity contribution in [2.45, 2.75) is 69.4 Å². The maximum atomic E-state index is 13.2. The van der Waals surface area contributed by atoms with E-state index in [1.807, 2.05) is 60.7 Å². The standard InChI is InChI=1S/C28H39NO7Si/c1-28(31)19-29(27(30)34-17-21-11-7-5-8-12-21)23-18-33-26(22-13-9-6-10-14-22)36-24(23)25(28)35-20-32-15-16-37(2,3)4/h5-14,23-26,31H,15-20H2,1-4H3/t23-,24-,25+,26-,28+/m1/s1. The van der Waals surface area contributed by atoms with Crippen molar-refractivity contribution < 1.29 is 33.6 Å². The van der Waals surface area contributed by atoms with Crippen LogP contribution < -0.4 is 0 Å². The number of ether oxygens (including phenoxy) is 5. The lowest BCUT2D eigenvalue weighted by molar-refractivity contribution is -0.312. The van der Waals surface area contributed by atoms with Crippen molar-refractivity contribution in [2.75, 3.05) is 26.6 Å². The molecule has 2 aromatic rings. The van der Waals surface area contributed by atoms with Crippen LogP contribution in [0, 0.1) is 0 Å². The zero-order valence-electron chi connectivity index (χ0n) is 22.2. The maximum absolute atomic E-state index is 13.2. The number of piperidine rings is 1. The number of hydrogen-bond donors (Lipinski definition) is 1. The van der Waals surface area contributed by atoms with Crippen molar-refractivity contribution >= 4 is 14.2 Å². The van der Waals surface area contributed by atoms with Gasteiger partial charge in [-0.1, -0.05) is 80.3 Å². The van der Waals surface area contributed by atoms with Gasteiger partial charge in [-0.2, -0.15) is 0 Å². The minimum absolute atomic E-state index is 0.0179. The lowest BCUT2D eigenvalue weighted by atomic mass is 9.84. The SMILES string of the molecule is C[C@]1(O)CN(C(=O)OCc2ccccc2)[C@@H]2CO[C@@H](c3ccccc3)O[C@H]2[C@@H]1OCOCC[Si](C)(C)C. The molecule has 1 N–H and O–H groups in total. The largest absolute Gasteiger partial charge is 0.445 e. The molecule has 0 saturated carbocycles. The molecule has 2 aromatic carbocycles. The number of amides is 1. The van der Waals surface area contributed by atoms with E-state index < -0.39 is 44.3 Å². The number of rotatable bonds is 9. The monoisotopic (exact) mass is 529 g/mol. The highest BCUT2D eigenvalue weighted by atomic mass is 28.3. The Hall–Kier alpha value is -2.27. The van der Waals surface area contributed by atoms with Gasteiger partial charge in [-0.05, 0) is 18.5 Å². The fourth-order valence-corrected chi connectivity index (χ4v) is 5.38. The van der Waals surface area contributed by atoms with Crippen LogP contribution in [-0.2, 0) is 30.3 Å². The first kappa shape index (κ1) is 27.8. The molecular weight excluding hydrogens is 490 g/mol.